The summed E-state index contributed by atoms with van der Waals surface area (Å²) in [6.07, 6.45) is 30.0. The standard InChI is InChI=1S/C23H34O3/c1-3-4-15-18-21-22(26-21)19-16-13-11-9-7-5-6-8-10-12-14-17-20-23(24)25-2/h5-10,12,14,17,20-22H,3-4,11,13,15-16,18-19H2,1-2H3. The van der Waals surface area contributed by atoms with Crippen molar-refractivity contribution in [1.82, 2.24) is 0 Å². The Kier molecular flexibility index (Phi) is 13.1. The Morgan fingerprint density at radius 3 is 2.04 bits per heavy atom. The van der Waals surface area contributed by atoms with Gasteiger partial charge in [0, 0.05) is 6.08 Å². The highest BCUT2D eigenvalue weighted by Gasteiger charge is 2.36. The van der Waals surface area contributed by atoms with Gasteiger partial charge in [0.05, 0.1) is 19.3 Å². The number of epoxide rings is 1. The number of carbonyl (C=O) groups excluding carboxylic acids is 1. The van der Waals surface area contributed by atoms with Gasteiger partial charge >= 0.3 is 5.97 Å². The van der Waals surface area contributed by atoms with Crippen LogP contribution in [0.5, 0.6) is 0 Å². The molecule has 1 aliphatic rings. The maximum atomic E-state index is 10.8. The highest BCUT2D eigenvalue weighted by atomic mass is 16.6. The van der Waals surface area contributed by atoms with Crippen molar-refractivity contribution < 1.29 is 14.3 Å². The molecule has 0 radical (unpaired) electrons. The van der Waals surface area contributed by atoms with Crippen molar-refractivity contribution in [3.8, 4) is 0 Å². The molecule has 0 aromatic heterocycles. The monoisotopic (exact) mass is 358 g/mol. The Labute approximate surface area is 159 Å². The van der Waals surface area contributed by atoms with Crippen molar-refractivity contribution in [2.24, 2.45) is 0 Å². The molecule has 1 heterocycles. The topological polar surface area (TPSA) is 38.8 Å². The van der Waals surface area contributed by atoms with Gasteiger partial charge in [-0.25, -0.2) is 4.79 Å². The summed E-state index contributed by atoms with van der Waals surface area (Å²) in [6, 6.07) is 0. The lowest BCUT2D eigenvalue weighted by atomic mass is 10.1. The maximum absolute atomic E-state index is 10.8. The van der Waals surface area contributed by atoms with Crippen LogP contribution in [-0.2, 0) is 14.3 Å². The summed E-state index contributed by atoms with van der Waals surface area (Å²) in [4.78, 5) is 10.8. The van der Waals surface area contributed by atoms with Gasteiger partial charge < -0.3 is 9.47 Å². The van der Waals surface area contributed by atoms with Gasteiger partial charge in [-0.05, 0) is 25.7 Å². The first kappa shape index (κ1) is 22.2. The summed E-state index contributed by atoms with van der Waals surface area (Å²) in [5, 5.41) is 0. The minimum Gasteiger partial charge on any atom is -0.466 e. The van der Waals surface area contributed by atoms with Gasteiger partial charge in [-0.2, -0.15) is 0 Å². The van der Waals surface area contributed by atoms with Gasteiger partial charge in [-0.15, -0.1) is 0 Å². The number of ether oxygens (including phenoxy) is 2. The number of esters is 1. The van der Waals surface area contributed by atoms with Crippen molar-refractivity contribution in [2.45, 2.75) is 70.5 Å². The molecule has 0 aromatic rings. The van der Waals surface area contributed by atoms with E-state index in [9.17, 15) is 4.79 Å². The Hall–Kier alpha value is -1.87. The predicted molar refractivity (Wildman–Crippen MR) is 109 cm³/mol. The van der Waals surface area contributed by atoms with E-state index < -0.39 is 0 Å². The first-order valence-electron chi connectivity index (χ1n) is 9.84. The highest BCUT2D eigenvalue weighted by molar-refractivity contribution is 5.82. The molecule has 0 N–H and O–H groups in total. The van der Waals surface area contributed by atoms with Crippen molar-refractivity contribution in [2.75, 3.05) is 7.11 Å². The van der Waals surface area contributed by atoms with Crippen LogP contribution in [0.4, 0.5) is 0 Å². The zero-order valence-corrected chi connectivity index (χ0v) is 16.3. The van der Waals surface area contributed by atoms with E-state index in [0.29, 0.717) is 12.2 Å². The Morgan fingerprint density at radius 1 is 0.846 bits per heavy atom. The molecule has 3 heteroatoms. The molecule has 0 bridgehead atoms. The number of carbonyl (C=O) groups is 1. The van der Waals surface area contributed by atoms with E-state index in [1.54, 1.807) is 12.2 Å². The van der Waals surface area contributed by atoms with Crippen LogP contribution >= 0.6 is 0 Å². The first-order chi connectivity index (χ1) is 12.8. The summed E-state index contributed by atoms with van der Waals surface area (Å²) in [5.74, 6) is -0.347. The summed E-state index contributed by atoms with van der Waals surface area (Å²) >= 11 is 0. The fourth-order valence-electron chi connectivity index (χ4n) is 2.65. The summed E-state index contributed by atoms with van der Waals surface area (Å²) in [7, 11) is 1.36. The summed E-state index contributed by atoms with van der Waals surface area (Å²) in [5.41, 5.74) is 0. The molecule has 1 saturated heterocycles. The van der Waals surface area contributed by atoms with Crippen LogP contribution in [0.2, 0.25) is 0 Å². The first-order valence-corrected chi connectivity index (χ1v) is 9.84. The third-order valence-electron chi connectivity index (χ3n) is 4.24. The van der Waals surface area contributed by atoms with Gasteiger partial charge in [0.25, 0.3) is 0 Å². The minimum atomic E-state index is -0.347. The molecule has 0 aromatic carbocycles. The second kappa shape index (κ2) is 15.4. The Bertz CT molecular complexity index is 512. The molecule has 1 aliphatic heterocycles. The molecule has 0 saturated carbocycles. The average Bonchev–Trinajstić information content (AvgIpc) is 3.40. The molecule has 0 aliphatic carbocycles. The normalized spacial score (nSPS) is 20.4. The molecule has 1 rings (SSSR count). The summed E-state index contributed by atoms with van der Waals surface area (Å²) < 4.78 is 10.2. The fraction of sp³-hybridized carbons (Fsp3) is 0.522. The second-order valence-corrected chi connectivity index (χ2v) is 6.46. The number of hydrogen-bond donors (Lipinski definition) is 0. The molecule has 2 unspecified atom stereocenters. The van der Waals surface area contributed by atoms with Crippen LogP contribution in [0.15, 0.2) is 60.8 Å². The van der Waals surface area contributed by atoms with E-state index in [4.69, 9.17) is 4.74 Å². The number of unbranched alkanes of at least 4 members (excludes halogenated alkanes) is 4. The van der Waals surface area contributed by atoms with Crippen molar-refractivity contribution in [1.29, 1.82) is 0 Å². The van der Waals surface area contributed by atoms with Crippen LogP contribution in [0, 0.1) is 0 Å². The number of hydrogen-bond acceptors (Lipinski definition) is 3. The number of allylic oxidation sites excluding steroid dienone is 9. The van der Waals surface area contributed by atoms with Gasteiger partial charge in [0.15, 0.2) is 0 Å². The van der Waals surface area contributed by atoms with E-state index in [2.05, 4.69) is 23.8 Å². The van der Waals surface area contributed by atoms with Crippen LogP contribution in [0.25, 0.3) is 0 Å². The molecule has 2 atom stereocenters. The third kappa shape index (κ3) is 12.5. The Balaban J connectivity index is 1.95. The minimum absolute atomic E-state index is 0.347. The molecule has 1 fully saturated rings. The molecule has 3 nitrogen and oxygen atoms in total. The van der Waals surface area contributed by atoms with Crippen molar-refractivity contribution >= 4 is 5.97 Å². The maximum Gasteiger partial charge on any atom is 0.330 e. The van der Waals surface area contributed by atoms with E-state index in [1.165, 1.54) is 58.1 Å². The smallest absolute Gasteiger partial charge is 0.330 e. The predicted octanol–water partition coefficient (Wildman–Crippen LogP) is 5.85. The largest absolute Gasteiger partial charge is 0.466 e. The number of rotatable bonds is 14. The zero-order chi connectivity index (χ0) is 18.9. The quantitative estimate of drug-likeness (QED) is 0.129. The van der Waals surface area contributed by atoms with E-state index >= 15 is 0 Å². The van der Waals surface area contributed by atoms with Gasteiger partial charge in [0.2, 0.25) is 0 Å². The SMILES string of the molecule is CCCCCC1OC1CCCCC=CC=CC=CC=CC=CC(=O)OC. The lowest BCUT2D eigenvalue weighted by molar-refractivity contribution is -0.134. The van der Waals surface area contributed by atoms with Gasteiger partial charge in [-0.3, -0.25) is 0 Å². The van der Waals surface area contributed by atoms with E-state index in [0.717, 1.165) is 6.42 Å². The van der Waals surface area contributed by atoms with Crippen molar-refractivity contribution in [3.63, 3.8) is 0 Å². The zero-order valence-electron chi connectivity index (χ0n) is 16.3. The molecule has 0 amide bonds. The molecule has 144 valence electrons. The van der Waals surface area contributed by atoms with Crippen LogP contribution in [-0.4, -0.2) is 25.3 Å². The highest BCUT2D eigenvalue weighted by Crippen LogP contribution is 2.31. The molecule has 26 heavy (non-hydrogen) atoms. The number of methoxy groups -OCH3 is 1. The average molecular weight is 359 g/mol. The fourth-order valence-corrected chi connectivity index (χ4v) is 2.65. The van der Waals surface area contributed by atoms with Crippen LogP contribution in [0.3, 0.4) is 0 Å². The van der Waals surface area contributed by atoms with E-state index in [1.807, 2.05) is 30.4 Å². The molecule has 0 spiro atoms. The summed E-state index contributed by atoms with van der Waals surface area (Å²) in [6.45, 7) is 2.24. The van der Waals surface area contributed by atoms with Crippen LogP contribution in [0.1, 0.15) is 58.3 Å². The third-order valence-corrected chi connectivity index (χ3v) is 4.24. The Morgan fingerprint density at radius 2 is 1.42 bits per heavy atom. The van der Waals surface area contributed by atoms with Crippen molar-refractivity contribution in [3.05, 3.63) is 60.8 Å². The molecular weight excluding hydrogens is 324 g/mol. The lowest BCUT2D eigenvalue weighted by Gasteiger charge is -1.96. The van der Waals surface area contributed by atoms with Crippen LogP contribution < -0.4 is 0 Å². The second-order valence-electron chi connectivity index (χ2n) is 6.46. The van der Waals surface area contributed by atoms with Gasteiger partial charge in [-0.1, -0.05) is 87.3 Å². The lowest BCUT2D eigenvalue weighted by Crippen LogP contribution is -1.94. The van der Waals surface area contributed by atoms with E-state index in [-0.39, 0.29) is 5.97 Å². The molecular formula is C23H34O3. The van der Waals surface area contributed by atoms with Gasteiger partial charge in [0.1, 0.15) is 0 Å².